The van der Waals surface area contributed by atoms with Crippen molar-refractivity contribution in [2.45, 2.75) is 12.8 Å². The summed E-state index contributed by atoms with van der Waals surface area (Å²) in [6, 6.07) is 18.4. The quantitative estimate of drug-likeness (QED) is 0.606. The smallest absolute Gasteiger partial charge is 0.202 e. The number of hydrogen-bond acceptors (Lipinski definition) is 3. The molecule has 2 N–H and O–H groups in total. The summed E-state index contributed by atoms with van der Waals surface area (Å²) in [6.07, 6.45) is 1.77. The van der Waals surface area contributed by atoms with E-state index in [2.05, 4.69) is 49.6 Å². The molecule has 0 aliphatic rings. The van der Waals surface area contributed by atoms with E-state index < -0.39 is 0 Å². The number of aryl methyl sites for hydroxylation is 2. The van der Waals surface area contributed by atoms with Crippen molar-refractivity contribution in [1.82, 2.24) is 25.4 Å². The topological polar surface area (TPSA) is 70.2 Å². The van der Waals surface area contributed by atoms with Crippen LogP contribution in [0.1, 0.15) is 11.4 Å². The maximum Gasteiger partial charge on any atom is 0.202 e. The average Bonchev–Trinajstić information content (AvgIpc) is 3.20. The third-order valence-corrected chi connectivity index (χ3v) is 3.71. The van der Waals surface area contributed by atoms with Crippen molar-refractivity contribution in [3.05, 3.63) is 66.0 Å². The lowest BCUT2D eigenvalue weighted by Crippen LogP contribution is -1.93. The first-order chi connectivity index (χ1) is 10.9. The van der Waals surface area contributed by atoms with E-state index in [4.69, 9.17) is 0 Å². The van der Waals surface area contributed by atoms with Crippen LogP contribution < -0.4 is 0 Å². The van der Waals surface area contributed by atoms with Gasteiger partial charge in [0.1, 0.15) is 11.5 Å². The molecular formula is C17H15N5. The monoisotopic (exact) mass is 289 g/mol. The lowest BCUT2D eigenvalue weighted by atomic mass is 10.1. The third-order valence-electron chi connectivity index (χ3n) is 3.71. The molecule has 5 nitrogen and oxygen atoms in total. The lowest BCUT2D eigenvalue weighted by Gasteiger charge is -1.97. The molecule has 108 valence electrons. The molecule has 0 saturated heterocycles. The van der Waals surface area contributed by atoms with Crippen LogP contribution in [0.15, 0.2) is 54.6 Å². The Morgan fingerprint density at radius 2 is 1.59 bits per heavy atom. The fourth-order valence-electron chi connectivity index (χ4n) is 2.55. The highest BCUT2D eigenvalue weighted by Gasteiger charge is 2.12. The van der Waals surface area contributed by atoms with E-state index in [0.717, 1.165) is 35.3 Å². The fraction of sp³-hybridized carbons (Fsp3) is 0.118. The molecule has 0 aliphatic carbocycles. The minimum Gasteiger partial charge on any atom is -0.277 e. The molecule has 0 unspecified atom stereocenters. The number of para-hydroxylation sites is 1. The molecule has 4 rings (SSSR count). The number of fused-ring (bicyclic) bond motifs is 1. The van der Waals surface area contributed by atoms with Crippen molar-refractivity contribution >= 4 is 10.9 Å². The standard InChI is InChI=1S/C17H15N5/c1-2-6-12(7-3-1)10-11-15-18-17(22-20-15)16-13-8-4-5-9-14(13)19-21-16/h1-9H,10-11H2,(H,19,21)(H,18,20,22). The van der Waals surface area contributed by atoms with Gasteiger partial charge in [-0.3, -0.25) is 10.2 Å². The van der Waals surface area contributed by atoms with Crippen LogP contribution in [0.3, 0.4) is 0 Å². The average molecular weight is 289 g/mol. The largest absolute Gasteiger partial charge is 0.277 e. The minimum atomic E-state index is 0.639. The van der Waals surface area contributed by atoms with E-state index in [1.54, 1.807) is 0 Å². The molecule has 0 aliphatic heterocycles. The maximum atomic E-state index is 4.57. The molecular weight excluding hydrogens is 274 g/mol. The Kier molecular flexibility index (Phi) is 3.16. The number of benzene rings is 2. The van der Waals surface area contributed by atoms with Gasteiger partial charge in [0.2, 0.25) is 5.82 Å². The normalized spacial score (nSPS) is 11.1. The molecule has 0 spiro atoms. The Balaban J connectivity index is 1.56. The molecule has 0 fully saturated rings. The van der Waals surface area contributed by atoms with Crippen LogP contribution in [0, 0.1) is 0 Å². The van der Waals surface area contributed by atoms with Crippen LogP contribution in [-0.4, -0.2) is 25.4 Å². The Bertz CT molecular complexity index is 891. The number of rotatable bonds is 4. The summed E-state index contributed by atoms with van der Waals surface area (Å²) in [7, 11) is 0. The van der Waals surface area contributed by atoms with Crippen LogP contribution in [0.4, 0.5) is 0 Å². The summed E-state index contributed by atoms with van der Waals surface area (Å²) < 4.78 is 0. The summed E-state index contributed by atoms with van der Waals surface area (Å²) >= 11 is 0. The van der Waals surface area contributed by atoms with Gasteiger partial charge in [-0.2, -0.15) is 10.2 Å². The van der Waals surface area contributed by atoms with Gasteiger partial charge in [-0.1, -0.05) is 48.5 Å². The summed E-state index contributed by atoms with van der Waals surface area (Å²) in [4.78, 5) is 4.57. The second kappa shape index (κ2) is 5.44. The highest BCUT2D eigenvalue weighted by atomic mass is 15.2. The molecule has 0 saturated carbocycles. The predicted molar refractivity (Wildman–Crippen MR) is 85.3 cm³/mol. The maximum absolute atomic E-state index is 4.57. The predicted octanol–water partition coefficient (Wildman–Crippen LogP) is 3.13. The fourth-order valence-corrected chi connectivity index (χ4v) is 2.55. The van der Waals surface area contributed by atoms with Gasteiger partial charge in [0, 0.05) is 11.8 Å². The number of aromatic amines is 2. The molecule has 2 aromatic heterocycles. The van der Waals surface area contributed by atoms with E-state index in [0.29, 0.717) is 5.82 Å². The molecule has 2 heterocycles. The Hall–Kier alpha value is -2.95. The summed E-state index contributed by atoms with van der Waals surface area (Å²) in [6.45, 7) is 0. The number of nitrogens with one attached hydrogen (secondary N) is 2. The molecule has 0 radical (unpaired) electrons. The van der Waals surface area contributed by atoms with Crippen LogP contribution in [0.5, 0.6) is 0 Å². The van der Waals surface area contributed by atoms with Crippen LogP contribution in [0.2, 0.25) is 0 Å². The summed E-state index contributed by atoms with van der Waals surface area (Å²) in [5.41, 5.74) is 3.08. The molecule has 0 bridgehead atoms. The van der Waals surface area contributed by atoms with Gasteiger partial charge >= 0.3 is 0 Å². The van der Waals surface area contributed by atoms with E-state index >= 15 is 0 Å². The number of aromatic nitrogens is 5. The molecule has 22 heavy (non-hydrogen) atoms. The van der Waals surface area contributed by atoms with Crippen molar-refractivity contribution in [2.24, 2.45) is 0 Å². The van der Waals surface area contributed by atoms with Gasteiger partial charge in [0.15, 0.2) is 0 Å². The number of hydrogen-bond donors (Lipinski definition) is 2. The zero-order chi connectivity index (χ0) is 14.8. The van der Waals surface area contributed by atoms with Gasteiger partial charge in [-0.05, 0) is 18.1 Å². The third kappa shape index (κ3) is 2.37. The van der Waals surface area contributed by atoms with Crippen molar-refractivity contribution in [2.75, 3.05) is 0 Å². The first-order valence-electron chi connectivity index (χ1n) is 7.29. The first-order valence-corrected chi connectivity index (χ1v) is 7.29. The van der Waals surface area contributed by atoms with Crippen molar-refractivity contribution < 1.29 is 0 Å². The second-order valence-electron chi connectivity index (χ2n) is 5.21. The van der Waals surface area contributed by atoms with Crippen molar-refractivity contribution in [3.63, 3.8) is 0 Å². The minimum absolute atomic E-state index is 0.639. The molecule has 0 amide bonds. The zero-order valence-corrected chi connectivity index (χ0v) is 12.0. The van der Waals surface area contributed by atoms with Crippen molar-refractivity contribution in [3.8, 4) is 11.5 Å². The highest BCUT2D eigenvalue weighted by Crippen LogP contribution is 2.23. The first kappa shape index (κ1) is 12.8. The Morgan fingerprint density at radius 1 is 0.773 bits per heavy atom. The van der Waals surface area contributed by atoms with Gasteiger partial charge in [0.25, 0.3) is 0 Å². The van der Waals surface area contributed by atoms with Crippen molar-refractivity contribution in [1.29, 1.82) is 0 Å². The zero-order valence-electron chi connectivity index (χ0n) is 12.0. The molecule has 2 aromatic carbocycles. The van der Waals surface area contributed by atoms with Crippen LogP contribution >= 0.6 is 0 Å². The summed E-state index contributed by atoms with van der Waals surface area (Å²) in [5, 5.41) is 15.7. The molecule has 0 atom stereocenters. The van der Waals surface area contributed by atoms with E-state index in [1.807, 2.05) is 30.3 Å². The lowest BCUT2D eigenvalue weighted by molar-refractivity contribution is 0.865. The van der Waals surface area contributed by atoms with E-state index in [9.17, 15) is 0 Å². The SMILES string of the molecule is c1ccc(CCc2nc(-c3n[nH]c4ccccc34)n[nH]2)cc1. The number of nitrogens with zero attached hydrogens (tertiary/aromatic N) is 3. The van der Waals surface area contributed by atoms with Crippen LogP contribution in [-0.2, 0) is 12.8 Å². The van der Waals surface area contributed by atoms with Crippen LogP contribution in [0.25, 0.3) is 22.4 Å². The van der Waals surface area contributed by atoms with Gasteiger partial charge < -0.3 is 0 Å². The van der Waals surface area contributed by atoms with Gasteiger partial charge in [-0.15, -0.1) is 0 Å². The summed E-state index contributed by atoms with van der Waals surface area (Å²) in [5.74, 6) is 1.52. The molecule has 4 aromatic rings. The van der Waals surface area contributed by atoms with Gasteiger partial charge in [0.05, 0.1) is 5.52 Å². The molecule has 5 heteroatoms. The number of H-pyrrole nitrogens is 2. The second-order valence-corrected chi connectivity index (χ2v) is 5.21. The Morgan fingerprint density at radius 3 is 2.50 bits per heavy atom. The highest BCUT2D eigenvalue weighted by molar-refractivity contribution is 5.90. The van der Waals surface area contributed by atoms with E-state index in [-0.39, 0.29) is 0 Å². The Labute approximate surface area is 127 Å². The van der Waals surface area contributed by atoms with E-state index in [1.165, 1.54) is 5.56 Å². The van der Waals surface area contributed by atoms with Gasteiger partial charge in [-0.25, -0.2) is 4.98 Å².